The molecule has 2 aliphatic rings. The zero-order chi connectivity index (χ0) is 19.8. The van der Waals surface area contributed by atoms with Gasteiger partial charge in [0.15, 0.2) is 0 Å². The van der Waals surface area contributed by atoms with Crippen molar-refractivity contribution in [3.05, 3.63) is 11.1 Å². The molecule has 2 bridgehead atoms. The van der Waals surface area contributed by atoms with Crippen LogP contribution in [0.1, 0.15) is 13.8 Å². The summed E-state index contributed by atoms with van der Waals surface area (Å²) in [6, 6.07) is 0. The van der Waals surface area contributed by atoms with E-state index in [0.717, 1.165) is 11.1 Å². The van der Waals surface area contributed by atoms with E-state index in [2.05, 4.69) is 0 Å². The summed E-state index contributed by atoms with van der Waals surface area (Å²) in [7, 11) is 4.87. The van der Waals surface area contributed by atoms with Gasteiger partial charge >= 0.3 is 23.9 Å². The Morgan fingerprint density at radius 1 is 0.577 bits per heavy atom. The second-order valence-electron chi connectivity index (χ2n) is 6.70. The highest BCUT2D eigenvalue weighted by molar-refractivity contribution is 5.92. The minimum Gasteiger partial charge on any atom is -0.469 e. The number of ether oxygens (including phenoxy) is 4. The van der Waals surface area contributed by atoms with Crippen LogP contribution in [0.4, 0.5) is 0 Å². The van der Waals surface area contributed by atoms with Gasteiger partial charge in [-0.25, -0.2) is 0 Å². The van der Waals surface area contributed by atoms with Crippen LogP contribution in [0.3, 0.4) is 0 Å². The number of methoxy groups -OCH3 is 4. The molecule has 26 heavy (non-hydrogen) atoms. The van der Waals surface area contributed by atoms with E-state index in [1.807, 2.05) is 13.8 Å². The molecule has 0 aromatic heterocycles. The van der Waals surface area contributed by atoms with Crippen LogP contribution in [-0.4, -0.2) is 52.3 Å². The fourth-order valence-corrected chi connectivity index (χ4v) is 4.72. The van der Waals surface area contributed by atoms with E-state index in [4.69, 9.17) is 18.9 Å². The molecule has 2 unspecified atom stereocenters. The Balaban J connectivity index is 2.72. The van der Waals surface area contributed by atoms with E-state index in [1.54, 1.807) is 0 Å². The van der Waals surface area contributed by atoms with E-state index in [0.29, 0.717) is 0 Å². The molecule has 144 valence electrons. The van der Waals surface area contributed by atoms with Gasteiger partial charge < -0.3 is 18.9 Å². The first-order valence-corrected chi connectivity index (χ1v) is 8.25. The van der Waals surface area contributed by atoms with E-state index in [-0.39, 0.29) is 0 Å². The number of fused-ring (bicyclic) bond motifs is 2. The van der Waals surface area contributed by atoms with Crippen LogP contribution >= 0.6 is 0 Å². The Kier molecular flexibility index (Phi) is 5.73. The lowest BCUT2D eigenvalue weighted by Crippen LogP contribution is -2.48. The maximum atomic E-state index is 12.5. The number of carbonyl (C=O) groups excluding carboxylic acids is 4. The quantitative estimate of drug-likeness (QED) is 0.406. The van der Waals surface area contributed by atoms with Crippen molar-refractivity contribution in [1.29, 1.82) is 0 Å². The molecule has 8 heteroatoms. The number of carbonyl (C=O) groups is 4. The van der Waals surface area contributed by atoms with Gasteiger partial charge in [-0.15, -0.1) is 0 Å². The van der Waals surface area contributed by atoms with Crippen molar-refractivity contribution < 1.29 is 38.1 Å². The molecule has 0 aliphatic heterocycles. The molecule has 0 amide bonds. The normalized spacial score (nSPS) is 32.0. The topological polar surface area (TPSA) is 105 Å². The van der Waals surface area contributed by atoms with E-state index in [9.17, 15) is 19.2 Å². The molecule has 0 aromatic rings. The molecule has 8 nitrogen and oxygen atoms in total. The van der Waals surface area contributed by atoms with Crippen molar-refractivity contribution >= 4 is 23.9 Å². The zero-order valence-electron chi connectivity index (χ0n) is 15.7. The molecular weight excluding hydrogens is 344 g/mol. The lowest BCUT2D eigenvalue weighted by molar-refractivity contribution is -0.173. The molecular formula is C18H24O8. The van der Waals surface area contributed by atoms with Gasteiger partial charge in [-0.1, -0.05) is 11.1 Å². The zero-order valence-corrected chi connectivity index (χ0v) is 15.7. The second kappa shape index (κ2) is 7.47. The van der Waals surface area contributed by atoms with E-state index < -0.39 is 59.4 Å². The third kappa shape index (κ3) is 2.77. The molecule has 2 aliphatic carbocycles. The van der Waals surface area contributed by atoms with Crippen molar-refractivity contribution in [2.45, 2.75) is 13.8 Å². The summed E-state index contributed by atoms with van der Waals surface area (Å²) in [5, 5.41) is 0. The number of rotatable bonds is 4. The molecule has 0 radical (unpaired) electrons. The fraction of sp³-hybridized carbons (Fsp3) is 0.667. The minimum absolute atomic E-state index is 0.621. The number of esters is 4. The lowest BCUT2D eigenvalue weighted by Gasteiger charge is -2.35. The van der Waals surface area contributed by atoms with Gasteiger partial charge in [-0.2, -0.15) is 0 Å². The molecule has 0 N–H and O–H groups in total. The van der Waals surface area contributed by atoms with Crippen LogP contribution < -0.4 is 0 Å². The third-order valence-electron chi connectivity index (χ3n) is 5.51. The second-order valence-corrected chi connectivity index (χ2v) is 6.70. The standard InChI is InChI=1S/C18H24O8/c1-7(2)8-9-11(15(19)23-3)12(16(20)24-4)10(8)14(18(22)26-6)13(9)17(21)25-5/h9-14H,1-6H3/t9?,10?,11-,12+,13+,14-. The SMILES string of the molecule is COC(=O)[C@@H]1C2C(=C(C)C)C([C@@H](C(=O)OC)[C@H]2C(=O)OC)[C@@H]1C(=O)OC. The largest absolute Gasteiger partial charge is 0.469 e. The Morgan fingerprint density at radius 3 is 0.962 bits per heavy atom. The van der Waals surface area contributed by atoms with Gasteiger partial charge in [0.1, 0.15) is 0 Å². The highest BCUT2D eigenvalue weighted by Crippen LogP contribution is 2.63. The Hall–Kier alpha value is -2.38. The maximum absolute atomic E-state index is 12.5. The molecule has 2 rings (SSSR count). The van der Waals surface area contributed by atoms with E-state index in [1.165, 1.54) is 28.4 Å². The number of hydrogen-bond donors (Lipinski definition) is 0. The highest BCUT2D eigenvalue weighted by Gasteiger charge is 2.70. The third-order valence-corrected chi connectivity index (χ3v) is 5.51. The average Bonchev–Trinajstić information content (AvgIpc) is 3.16. The van der Waals surface area contributed by atoms with Gasteiger partial charge in [0.25, 0.3) is 0 Å². The summed E-state index contributed by atoms with van der Waals surface area (Å²) in [5.74, 6) is -7.55. The summed E-state index contributed by atoms with van der Waals surface area (Å²) in [4.78, 5) is 49.9. The summed E-state index contributed by atoms with van der Waals surface area (Å²) in [5.41, 5.74) is 1.56. The minimum atomic E-state index is -0.924. The van der Waals surface area contributed by atoms with Crippen LogP contribution in [-0.2, 0) is 38.1 Å². The van der Waals surface area contributed by atoms with Crippen LogP contribution in [0, 0.1) is 35.5 Å². The summed E-state index contributed by atoms with van der Waals surface area (Å²) < 4.78 is 19.5. The Bertz CT molecular complexity index is 566. The van der Waals surface area contributed by atoms with Crippen molar-refractivity contribution in [3.63, 3.8) is 0 Å². The predicted molar refractivity (Wildman–Crippen MR) is 87.4 cm³/mol. The van der Waals surface area contributed by atoms with E-state index >= 15 is 0 Å². The summed E-state index contributed by atoms with van der Waals surface area (Å²) >= 11 is 0. The average molecular weight is 368 g/mol. The van der Waals surface area contributed by atoms with Crippen LogP contribution in [0.5, 0.6) is 0 Å². The first-order chi connectivity index (χ1) is 12.3. The number of allylic oxidation sites excluding steroid dienone is 2. The maximum Gasteiger partial charge on any atom is 0.310 e. The summed E-state index contributed by atoms with van der Waals surface area (Å²) in [6.45, 7) is 3.63. The Morgan fingerprint density at radius 2 is 0.808 bits per heavy atom. The van der Waals surface area contributed by atoms with Crippen molar-refractivity contribution in [3.8, 4) is 0 Å². The first kappa shape index (κ1) is 19.9. The lowest BCUT2D eigenvalue weighted by atomic mass is 9.68. The molecule has 0 saturated heterocycles. The van der Waals surface area contributed by atoms with Crippen molar-refractivity contribution in [2.24, 2.45) is 35.5 Å². The van der Waals surface area contributed by atoms with Gasteiger partial charge in [-0.05, 0) is 13.8 Å². The van der Waals surface area contributed by atoms with Gasteiger partial charge in [0.2, 0.25) is 0 Å². The van der Waals surface area contributed by atoms with Gasteiger partial charge in [0.05, 0.1) is 52.1 Å². The molecule has 0 aromatic carbocycles. The smallest absolute Gasteiger partial charge is 0.310 e. The van der Waals surface area contributed by atoms with Crippen LogP contribution in [0.15, 0.2) is 11.1 Å². The molecule has 2 saturated carbocycles. The van der Waals surface area contributed by atoms with Crippen LogP contribution in [0.25, 0.3) is 0 Å². The molecule has 6 atom stereocenters. The predicted octanol–water partition coefficient (Wildman–Crippen LogP) is 0.739. The first-order valence-electron chi connectivity index (χ1n) is 8.25. The highest BCUT2D eigenvalue weighted by atomic mass is 16.5. The molecule has 0 spiro atoms. The van der Waals surface area contributed by atoms with Crippen molar-refractivity contribution in [2.75, 3.05) is 28.4 Å². The number of hydrogen-bond acceptors (Lipinski definition) is 8. The fourth-order valence-electron chi connectivity index (χ4n) is 4.72. The summed E-state index contributed by atoms with van der Waals surface area (Å²) in [6.07, 6.45) is 0. The van der Waals surface area contributed by atoms with Crippen LogP contribution in [0.2, 0.25) is 0 Å². The monoisotopic (exact) mass is 368 g/mol. The molecule has 0 heterocycles. The Labute approximate surface area is 151 Å². The van der Waals surface area contributed by atoms with Gasteiger partial charge in [-0.3, -0.25) is 19.2 Å². The van der Waals surface area contributed by atoms with Crippen molar-refractivity contribution in [1.82, 2.24) is 0 Å². The molecule has 2 fully saturated rings. The van der Waals surface area contributed by atoms with Gasteiger partial charge in [0, 0.05) is 11.8 Å².